The highest BCUT2D eigenvalue weighted by atomic mass is 32.2. The van der Waals surface area contributed by atoms with Gasteiger partial charge in [0.2, 0.25) is 5.91 Å². The Morgan fingerprint density at radius 1 is 1.10 bits per heavy atom. The molecular weight excluding hydrogens is 394 g/mol. The van der Waals surface area contributed by atoms with E-state index in [0.717, 1.165) is 40.9 Å². The average Bonchev–Trinajstić information content (AvgIpc) is 3.16. The van der Waals surface area contributed by atoms with Gasteiger partial charge in [-0.25, -0.2) is 0 Å². The maximum Gasteiger partial charge on any atom is 0.233 e. The van der Waals surface area contributed by atoms with E-state index in [9.17, 15) is 4.79 Å². The zero-order valence-corrected chi connectivity index (χ0v) is 18.5. The number of thioether (sulfide) groups is 1. The van der Waals surface area contributed by atoms with Crippen molar-refractivity contribution in [3.63, 3.8) is 0 Å². The fraction of sp³-hybridized carbons (Fsp3) is 0.391. The third kappa shape index (κ3) is 4.41. The second-order valence-electron chi connectivity index (χ2n) is 8.20. The smallest absolute Gasteiger partial charge is 0.233 e. The summed E-state index contributed by atoms with van der Waals surface area (Å²) < 4.78 is 2.03. The molecule has 1 saturated heterocycles. The van der Waals surface area contributed by atoms with Crippen LogP contribution >= 0.6 is 11.8 Å². The molecule has 2 atom stereocenters. The van der Waals surface area contributed by atoms with Gasteiger partial charge in [0.1, 0.15) is 0 Å². The number of benzene rings is 1. The summed E-state index contributed by atoms with van der Waals surface area (Å²) in [4.78, 5) is 19.1. The first kappa shape index (κ1) is 20.6. The van der Waals surface area contributed by atoms with E-state index in [-0.39, 0.29) is 5.91 Å². The molecule has 1 aromatic carbocycles. The lowest BCUT2D eigenvalue weighted by atomic mass is 9.92. The van der Waals surface area contributed by atoms with Crippen molar-refractivity contribution in [2.45, 2.75) is 32.3 Å². The van der Waals surface area contributed by atoms with Gasteiger partial charge in [0.05, 0.1) is 11.4 Å². The molecule has 0 bridgehead atoms. The first-order valence-corrected chi connectivity index (χ1v) is 11.3. The van der Waals surface area contributed by atoms with Crippen LogP contribution in [0.3, 0.4) is 0 Å². The number of pyridine rings is 1. The largest absolute Gasteiger partial charge is 0.341 e. The maximum absolute atomic E-state index is 12.9. The van der Waals surface area contributed by atoms with Crippen LogP contribution in [0.25, 0.3) is 17.1 Å². The van der Waals surface area contributed by atoms with Gasteiger partial charge in [0.15, 0.2) is 11.0 Å². The van der Waals surface area contributed by atoms with Crippen LogP contribution < -0.4 is 0 Å². The number of hydrogen-bond acceptors (Lipinski definition) is 5. The van der Waals surface area contributed by atoms with E-state index in [1.165, 1.54) is 18.2 Å². The van der Waals surface area contributed by atoms with Gasteiger partial charge in [-0.1, -0.05) is 43.8 Å². The van der Waals surface area contributed by atoms with Gasteiger partial charge in [0.25, 0.3) is 0 Å². The standard InChI is InChI=1S/C23H27N5OS/c1-16-11-17(2)14-27(13-16)21(29)15-30-23-26-25-22(19-8-6-10-24-12-19)28(23)20-9-5-4-7-18(20)3/h4-10,12,16-17H,11,13-15H2,1-3H3. The van der Waals surface area contributed by atoms with Crippen molar-refractivity contribution in [1.82, 2.24) is 24.6 Å². The van der Waals surface area contributed by atoms with Gasteiger partial charge in [0, 0.05) is 31.0 Å². The van der Waals surface area contributed by atoms with Crippen molar-refractivity contribution >= 4 is 17.7 Å². The highest BCUT2D eigenvalue weighted by molar-refractivity contribution is 7.99. The molecule has 1 amide bonds. The molecule has 6 nitrogen and oxygen atoms in total. The number of hydrogen-bond donors (Lipinski definition) is 0. The summed E-state index contributed by atoms with van der Waals surface area (Å²) >= 11 is 1.45. The molecule has 156 valence electrons. The van der Waals surface area contributed by atoms with Crippen molar-refractivity contribution in [2.75, 3.05) is 18.8 Å². The third-order valence-corrected chi connectivity index (χ3v) is 6.37. The van der Waals surface area contributed by atoms with Crippen molar-refractivity contribution in [2.24, 2.45) is 11.8 Å². The predicted molar refractivity (Wildman–Crippen MR) is 120 cm³/mol. The van der Waals surface area contributed by atoms with Crippen LogP contribution in [0, 0.1) is 18.8 Å². The number of nitrogens with zero attached hydrogens (tertiary/aromatic N) is 5. The lowest BCUT2D eigenvalue weighted by Crippen LogP contribution is -2.43. The minimum atomic E-state index is 0.167. The van der Waals surface area contributed by atoms with Crippen LogP contribution in [0.5, 0.6) is 0 Å². The number of carbonyl (C=O) groups excluding carboxylic acids is 1. The van der Waals surface area contributed by atoms with Crippen molar-refractivity contribution in [3.05, 3.63) is 54.4 Å². The Bertz CT molecular complexity index is 1010. The SMILES string of the molecule is Cc1ccccc1-n1c(SCC(=O)N2CC(C)CC(C)C2)nnc1-c1cccnc1. The Morgan fingerprint density at radius 3 is 2.57 bits per heavy atom. The number of aryl methyl sites for hydroxylation is 1. The van der Waals surface area contributed by atoms with E-state index in [0.29, 0.717) is 17.6 Å². The van der Waals surface area contributed by atoms with Gasteiger partial charge in [-0.05, 0) is 48.9 Å². The summed E-state index contributed by atoms with van der Waals surface area (Å²) in [5.41, 5.74) is 3.02. The van der Waals surface area contributed by atoms with Gasteiger partial charge >= 0.3 is 0 Å². The van der Waals surface area contributed by atoms with Gasteiger partial charge in [-0.15, -0.1) is 10.2 Å². The molecule has 3 aromatic rings. The highest BCUT2D eigenvalue weighted by Crippen LogP contribution is 2.30. The topological polar surface area (TPSA) is 63.9 Å². The Morgan fingerprint density at radius 2 is 1.87 bits per heavy atom. The molecule has 0 spiro atoms. The summed E-state index contributed by atoms with van der Waals surface area (Å²) in [6.45, 7) is 8.19. The summed E-state index contributed by atoms with van der Waals surface area (Å²) in [6, 6.07) is 12.0. The molecule has 0 radical (unpaired) electrons. The normalized spacial score (nSPS) is 19.1. The minimum absolute atomic E-state index is 0.167. The minimum Gasteiger partial charge on any atom is -0.341 e. The number of aromatic nitrogens is 4. The fourth-order valence-corrected chi connectivity index (χ4v) is 5.01. The molecule has 7 heteroatoms. The zero-order valence-electron chi connectivity index (χ0n) is 17.7. The number of carbonyl (C=O) groups is 1. The second kappa shape index (κ2) is 9.00. The Labute approximate surface area is 181 Å². The van der Waals surface area contributed by atoms with Crippen LogP contribution in [0.1, 0.15) is 25.8 Å². The number of piperidine rings is 1. The van der Waals surface area contributed by atoms with E-state index < -0.39 is 0 Å². The van der Waals surface area contributed by atoms with E-state index in [1.807, 2.05) is 33.7 Å². The summed E-state index contributed by atoms with van der Waals surface area (Å²) in [7, 11) is 0. The van der Waals surface area contributed by atoms with Crippen molar-refractivity contribution in [3.8, 4) is 17.1 Å². The average molecular weight is 422 g/mol. The van der Waals surface area contributed by atoms with Crippen molar-refractivity contribution < 1.29 is 4.79 Å². The van der Waals surface area contributed by atoms with E-state index in [2.05, 4.69) is 48.1 Å². The van der Waals surface area contributed by atoms with Crippen LogP contribution in [0.15, 0.2) is 53.9 Å². The molecule has 0 aliphatic carbocycles. The molecule has 1 fully saturated rings. The van der Waals surface area contributed by atoms with Crippen LogP contribution in [-0.2, 0) is 4.79 Å². The number of para-hydroxylation sites is 1. The Hall–Kier alpha value is -2.67. The molecule has 0 saturated carbocycles. The summed E-state index contributed by atoms with van der Waals surface area (Å²) in [6.07, 6.45) is 4.72. The lowest BCUT2D eigenvalue weighted by molar-refractivity contribution is -0.130. The molecular formula is C23H27N5OS. The van der Waals surface area contributed by atoms with Crippen LogP contribution in [-0.4, -0.2) is 49.4 Å². The maximum atomic E-state index is 12.9. The second-order valence-corrected chi connectivity index (χ2v) is 9.15. The van der Waals surface area contributed by atoms with E-state index in [1.54, 1.807) is 12.4 Å². The highest BCUT2D eigenvalue weighted by Gasteiger charge is 2.26. The zero-order chi connectivity index (χ0) is 21.1. The molecule has 30 heavy (non-hydrogen) atoms. The van der Waals surface area contributed by atoms with Gasteiger partial charge in [-0.3, -0.25) is 14.3 Å². The quantitative estimate of drug-likeness (QED) is 0.577. The van der Waals surface area contributed by atoms with Crippen LogP contribution in [0.2, 0.25) is 0 Å². The first-order chi connectivity index (χ1) is 14.5. The van der Waals surface area contributed by atoms with E-state index in [4.69, 9.17) is 0 Å². The fourth-order valence-electron chi connectivity index (χ4n) is 4.16. The summed E-state index contributed by atoms with van der Waals surface area (Å²) in [5.74, 6) is 2.36. The molecule has 2 unspecified atom stereocenters. The summed E-state index contributed by atoms with van der Waals surface area (Å²) in [5, 5.41) is 9.60. The van der Waals surface area contributed by atoms with Gasteiger partial charge < -0.3 is 4.90 Å². The third-order valence-electron chi connectivity index (χ3n) is 5.46. The monoisotopic (exact) mass is 421 g/mol. The number of amides is 1. The number of likely N-dealkylation sites (tertiary alicyclic amines) is 1. The molecule has 3 heterocycles. The number of rotatable bonds is 5. The van der Waals surface area contributed by atoms with Crippen LogP contribution in [0.4, 0.5) is 0 Å². The molecule has 0 N–H and O–H groups in total. The molecule has 4 rings (SSSR count). The predicted octanol–water partition coefficient (Wildman–Crippen LogP) is 4.23. The first-order valence-electron chi connectivity index (χ1n) is 10.4. The Kier molecular flexibility index (Phi) is 6.18. The molecule has 1 aliphatic rings. The molecule has 2 aromatic heterocycles. The van der Waals surface area contributed by atoms with E-state index >= 15 is 0 Å². The lowest BCUT2D eigenvalue weighted by Gasteiger charge is -2.35. The molecule has 1 aliphatic heterocycles. The van der Waals surface area contributed by atoms with Crippen molar-refractivity contribution in [1.29, 1.82) is 0 Å². The van der Waals surface area contributed by atoms with Gasteiger partial charge in [-0.2, -0.15) is 0 Å². The Balaban J connectivity index is 1.61.